The van der Waals surface area contributed by atoms with Crippen LogP contribution in [0.3, 0.4) is 0 Å². The number of rotatable bonds is 53. The lowest BCUT2D eigenvalue weighted by atomic mass is 9.96. The fourth-order valence-corrected chi connectivity index (χ4v) is 11.9. The summed E-state index contributed by atoms with van der Waals surface area (Å²) in [5.41, 5.74) is 0. The summed E-state index contributed by atoms with van der Waals surface area (Å²) in [6.07, 6.45) is 30.8. The number of ether oxygens (including phenoxy) is 6. The third-order valence-electron chi connectivity index (χ3n) is 17.5. The van der Waals surface area contributed by atoms with E-state index in [2.05, 4.69) is 55.6 Å². The number of allylic oxidation sites excluding steroid dienone is 6. The van der Waals surface area contributed by atoms with Gasteiger partial charge in [-0.1, -0.05) is 243 Å². The molecular formula is C68H125NO18. The van der Waals surface area contributed by atoms with Crippen molar-refractivity contribution in [2.24, 2.45) is 0 Å². The van der Waals surface area contributed by atoms with Crippen LogP contribution in [0.25, 0.3) is 0 Å². The second kappa shape index (κ2) is 50.6. The second-order valence-electron chi connectivity index (χ2n) is 25.0. The molecule has 17 atom stereocenters. The van der Waals surface area contributed by atoms with Crippen molar-refractivity contribution in [3.63, 3.8) is 0 Å². The molecule has 12 N–H and O–H groups in total. The monoisotopic (exact) mass is 1240 g/mol. The number of aliphatic hydroxyl groups is 11. The van der Waals surface area contributed by atoms with Gasteiger partial charge in [-0.05, 0) is 44.9 Å². The Hall–Kier alpha value is -1.99. The summed E-state index contributed by atoms with van der Waals surface area (Å²) in [6, 6.07) is -0.893. The smallest absolute Gasteiger partial charge is 0.220 e. The van der Waals surface area contributed by atoms with Crippen molar-refractivity contribution >= 4 is 5.91 Å². The van der Waals surface area contributed by atoms with Gasteiger partial charge in [0.25, 0.3) is 0 Å². The highest BCUT2D eigenvalue weighted by Gasteiger charge is 2.53. The van der Waals surface area contributed by atoms with Gasteiger partial charge in [0, 0.05) is 6.42 Å². The van der Waals surface area contributed by atoms with Crippen LogP contribution in [0, 0.1) is 0 Å². The SMILES string of the molecule is CC/C=C\C/C=C\C/C=C\CCCCCCCCCC(=O)NC(COC1OC(CO)C(OC2OC(CO)C(OC3OC(CO)C(O)C(O)C3O)C(O)C2O)C(O)C1O)C(O)CCCCCCCCCCCCCCCCCCCCCCCCCCC. The summed E-state index contributed by atoms with van der Waals surface area (Å²) in [4.78, 5) is 13.4. The molecule has 0 spiro atoms. The maximum absolute atomic E-state index is 13.4. The number of hydrogen-bond donors (Lipinski definition) is 12. The lowest BCUT2D eigenvalue weighted by Crippen LogP contribution is -2.66. The van der Waals surface area contributed by atoms with E-state index in [4.69, 9.17) is 28.4 Å². The van der Waals surface area contributed by atoms with Crippen LogP contribution in [-0.4, -0.2) is 193 Å². The zero-order valence-electron chi connectivity index (χ0n) is 53.8. The summed E-state index contributed by atoms with van der Waals surface area (Å²) < 4.78 is 34.4. The molecule has 3 aliphatic heterocycles. The summed E-state index contributed by atoms with van der Waals surface area (Å²) in [5, 5.41) is 121. The van der Waals surface area contributed by atoms with Gasteiger partial charge in [0.15, 0.2) is 18.9 Å². The minimum atomic E-state index is -1.97. The molecule has 19 nitrogen and oxygen atoms in total. The topological polar surface area (TPSA) is 307 Å². The molecule has 87 heavy (non-hydrogen) atoms. The highest BCUT2D eigenvalue weighted by Crippen LogP contribution is 2.33. The first-order chi connectivity index (χ1) is 42.3. The van der Waals surface area contributed by atoms with Gasteiger partial charge >= 0.3 is 0 Å². The molecule has 3 saturated heterocycles. The Balaban J connectivity index is 1.43. The van der Waals surface area contributed by atoms with E-state index in [1.54, 1.807) is 0 Å². The van der Waals surface area contributed by atoms with Crippen molar-refractivity contribution in [1.29, 1.82) is 0 Å². The quantitative estimate of drug-likeness (QED) is 0.0200. The Labute approximate surface area is 523 Å². The number of unbranched alkanes of at least 4 members (excludes halogenated alkanes) is 31. The first-order valence-electron chi connectivity index (χ1n) is 34.7. The predicted molar refractivity (Wildman–Crippen MR) is 337 cm³/mol. The van der Waals surface area contributed by atoms with Gasteiger partial charge in [-0.15, -0.1) is 0 Å². The molecule has 0 aromatic rings. The van der Waals surface area contributed by atoms with Crippen molar-refractivity contribution in [2.45, 2.75) is 362 Å². The van der Waals surface area contributed by atoms with E-state index in [0.29, 0.717) is 12.8 Å². The highest BCUT2D eigenvalue weighted by atomic mass is 16.8. The lowest BCUT2D eigenvalue weighted by Gasteiger charge is -2.48. The van der Waals surface area contributed by atoms with E-state index in [1.807, 2.05) is 0 Å². The average molecular weight is 1240 g/mol. The molecular weight excluding hydrogens is 1120 g/mol. The summed E-state index contributed by atoms with van der Waals surface area (Å²) in [7, 11) is 0. The minimum Gasteiger partial charge on any atom is -0.394 e. The van der Waals surface area contributed by atoms with Gasteiger partial charge in [0.05, 0.1) is 38.6 Å². The molecule has 17 unspecified atom stereocenters. The number of carbonyl (C=O) groups is 1. The molecule has 19 heteroatoms. The molecule has 510 valence electrons. The van der Waals surface area contributed by atoms with E-state index in [0.717, 1.165) is 89.9 Å². The second-order valence-corrected chi connectivity index (χ2v) is 25.0. The number of carbonyl (C=O) groups excluding carboxylic acids is 1. The highest BCUT2D eigenvalue weighted by molar-refractivity contribution is 5.76. The van der Waals surface area contributed by atoms with E-state index in [-0.39, 0.29) is 18.9 Å². The van der Waals surface area contributed by atoms with E-state index >= 15 is 0 Å². The Morgan fingerprint density at radius 1 is 0.425 bits per heavy atom. The van der Waals surface area contributed by atoms with Gasteiger partial charge in [0.1, 0.15) is 73.2 Å². The average Bonchev–Trinajstić information content (AvgIpc) is 2.97. The van der Waals surface area contributed by atoms with Crippen molar-refractivity contribution in [3.05, 3.63) is 36.5 Å². The van der Waals surface area contributed by atoms with Crippen molar-refractivity contribution in [2.75, 3.05) is 26.4 Å². The summed E-state index contributed by atoms with van der Waals surface area (Å²) >= 11 is 0. The summed E-state index contributed by atoms with van der Waals surface area (Å²) in [5.74, 6) is -0.251. The minimum absolute atomic E-state index is 0.251. The zero-order valence-corrected chi connectivity index (χ0v) is 53.8. The first kappa shape index (κ1) is 79.2. The Morgan fingerprint density at radius 3 is 1.24 bits per heavy atom. The van der Waals surface area contributed by atoms with Gasteiger partial charge in [-0.3, -0.25) is 4.79 Å². The molecule has 0 aromatic carbocycles. The molecule has 0 bridgehead atoms. The maximum Gasteiger partial charge on any atom is 0.220 e. The van der Waals surface area contributed by atoms with Crippen LogP contribution < -0.4 is 5.32 Å². The van der Waals surface area contributed by atoms with Crippen LogP contribution >= 0.6 is 0 Å². The summed E-state index contributed by atoms with van der Waals surface area (Å²) in [6.45, 7) is 1.70. The van der Waals surface area contributed by atoms with Crippen LogP contribution in [0.4, 0.5) is 0 Å². The van der Waals surface area contributed by atoms with Gasteiger partial charge < -0.3 is 89.9 Å². The molecule has 1 amide bonds. The Kier molecular flexibility index (Phi) is 46.0. The molecule has 0 aliphatic carbocycles. The number of nitrogens with one attached hydrogen (secondary N) is 1. The van der Waals surface area contributed by atoms with Crippen molar-refractivity contribution in [1.82, 2.24) is 5.32 Å². The third-order valence-corrected chi connectivity index (χ3v) is 17.5. The fourth-order valence-electron chi connectivity index (χ4n) is 11.9. The largest absolute Gasteiger partial charge is 0.394 e. The first-order valence-corrected chi connectivity index (χ1v) is 34.7. The van der Waals surface area contributed by atoms with Crippen LogP contribution in [0.1, 0.15) is 258 Å². The standard InChI is InChI=1S/C68H125NO18/c1-3-5-7-9-11-13-15-17-19-21-22-23-24-25-26-27-28-30-31-33-35-37-39-41-43-45-52(73)51(69-56(74)46-44-42-40-38-36-34-32-29-20-18-16-14-12-10-8-6-4-2)50-82-66-62(80)59(77)64(54(48-71)84-66)87-68-63(81)60(78)65(55(49-72)85-68)86-67-61(79)58(76)57(75)53(47-70)83-67/h6,8,12,14,18,20,51-55,57-68,70-73,75-81H,3-5,7,9-11,13,15-17,19,21-50H2,1-2H3,(H,69,74)/b8-6-,14-12-,20-18-. The van der Waals surface area contributed by atoms with Gasteiger partial charge in [-0.25, -0.2) is 0 Å². The number of hydrogen-bond acceptors (Lipinski definition) is 18. The van der Waals surface area contributed by atoms with E-state index < -0.39 is 124 Å². The third kappa shape index (κ3) is 32.9. The molecule has 3 aliphatic rings. The molecule has 0 aromatic heterocycles. The maximum atomic E-state index is 13.4. The number of aliphatic hydroxyl groups excluding tert-OH is 11. The van der Waals surface area contributed by atoms with Crippen molar-refractivity contribution in [3.8, 4) is 0 Å². The number of amides is 1. The predicted octanol–water partition coefficient (Wildman–Crippen LogP) is 8.83. The molecule has 0 radical (unpaired) electrons. The van der Waals surface area contributed by atoms with E-state index in [9.17, 15) is 61.0 Å². The Morgan fingerprint density at radius 2 is 0.793 bits per heavy atom. The molecule has 3 rings (SSSR count). The lowest BCUT2D eigenvalue weighted by molar-refractivity contribution is -0.379. The Bertz CT molecular complexity index is 1720. The van der Waals surface area contributed by atoms with E-state index in [1.165, 1.54) is 135 Å². The zero-order chi connectivity index (χ0) is 63.3. The van der Waals surface area contributed by atoms with Crippen molar-refractivity contribution < 1.29 is 89.4 Å². The normalized spacial score (nSPS) is 28.8. The molecule has 0 saturated carbocycles. The molecule has 3 fully saturated rings. The van der Waals surface area contributed by atoms with Crippen LogP contribution in [-0.2, 0) is 33.2 Å². The van der Waals surface area contributed by atoms with Gasteiger partial charge in [-0.2, -0.15) is 0 Å². The van der Waals surface area contributed by atoms with Gasteiger partial charge in [0.2, 0.25) is 5.91 Å². The fraction of sp³-hybridized carbons (Fsp3) is 0.897. The van der Waals surface area contributed by atoms with Crippen LogP contribution in [0.5, 0.6) is 0 Å². The van der Waals surface area contributed by atoms with Crippen LogP contribution in [0.15, 0.2) is 36.5 Å². The van der Waals surface area contributed by atoms with Crippen LogP contribution in [0.2, 0.25) is 0 Å². The molecule has 3 heterocycles.